The van der Waals surface area contributed by atoms with Crippen molar-refractivity contribution in [2.24, 2.45) is 0 Å². The molecule has 0 aliphatic heterocycles. The number of nitrogens with one attached hydrogen (secondary N) is 1. The van der Waals surface area contributed by atoms with E-state index >= 15 is 0 Å². The quantitative estimate of drug-likeness (QED) is 0.441. The molecule has 0 radical (unpaired) electrons. The van der Waals surface area contributed by atoms with Gasteiger partial charge in [-0.15, -0.1) is 11.8 Å². The molecule has 0 bridgehead atoms. The zero-order chi connectivity index (χ0) is 9.68. The van der Waals surface area contributed by atoms with Crippen molar-refractivity contribution in [2.75, 3.05) is 25.1 Å². The Labute approximate surface area is 81.7 Å². The van der Waals surface area contributed by atoms with Crippen molar-refractivity contribution in [3.8, 4) is 0 Å². The Kier molecular flexibility index (Phi) is 4.05. The van der Waals surface area contributed by atoms with Crippen molar-refractivity contribution in [1.82, 2.24) is 5.32 Å². The van der Waals surface area contributed by atoms with Crippen LogP contribution in [0.15, 0.2) is 23.1 Å². The van der Waals surface area contributed by atoms with E-state index in [0.29, 0.717) is 5.69 Å². The summed E-state index contributed by atoms with van der Waals surface area (Å²) in [5, 5.41) is 3.03. The van der Waals surface area contributed by atoms with Crippen LogP contribution in [0.3, 0.4) is 0 Å². The third kappa shape index (κ3) is 3.24. The number of hydrogen-bond donors (Lipinski definition) is 2. The topological polar surface area (TPSA) is 38.0 Å². The number of nitrogens with two attached hydrogens (primary N) is 1. The van der Waals surface area contributed by atoms with Crippen LogP contribution in [0.2, 0.25) is 0 Å². The van der Waals surface area contributed by atoms with Gasteiger partial charge in [-0.2, -0.15) is 0 Å². The van der Waals surface area contributed by atoms with E-state index in [-0.39, 0.29) is 5.82 Å². The van der Waals surface area contributed by atoms with Crippen LogP contribution in [0.25, 0.3) is 0 Å². The van der Waals surface area contributed by atoms with Crippen molar-refractivity contribution < 1.29 is 4.39 Å². The van der Waals surface area contributed by atoms with Gasteiger partial charge in [-0.25, -0.2) is 4.39 Å². The highest BCUT2D eigenvalue weighted by molar-refractivity contribution is 7.99. The SMILES string of the molecule is CNCCSc1ccc(F)cc1N. The fraction of sp³-hybridized carbons (Fsp3) is 0.333. The van der Waals surface area contributed by atoms with Crippen molar-refractivity contribution in [1.29, 1.82) is 0 Å². The third-order valence-electron chi connectivity index (χ3n) is 1.58. The Morgan fingerprint density at radius 3 is 2.92 bits per heavy atom. The lowest BCUT2D eigenvalue weighted by Crippen LogP contribution is -2.09. The highest BCUT2D eigenvalue weighted by atomic mass is 32.2. The molecular formula is C9H13FN2S. The number of nitrogen functional groups attached to an aromatic ring is 1. The fourth-order valence-electron chi connectivity index (χ4n) is 0.914. The van der Waals surface area contributed by atoms with E-state index in [4.69, 9.17) is 5.73 Å². The smallest absolute Gasteiger partial charge is 0.125 e. The molecule has 0 saturated carbocycles. The number of rotatable bonds is 4. The van der Waals surface area contributed by atoms with Gasteiger partial charge in [0.05, 0.1) is 0 Å². The molecule has 0 spiro atoms. The highest BCUT2D eigenvalue weighted by Crippen LogP contribution is 2.24. The number of halogens is 1. The maximum atomic E-state index is 12.6. The second-order valence-corrected chi connectivity index (χ2v) is 3.77. The molecule has 0 aliphatic rings. The van der Waals surface area contributed by atoms with E-state index < -0.39 is 0 Å². The zero-order valence-electron chi connectivity index (χ0n) is 7.51. The van der Waals surface area contributed by atoms with Crippen LogP contribution in [-0.2, 0) is 0 Å². The molecule has 1 aromatic rings. The van der Waals surface area contributed by atoms with E-state index in [1.165, 1.54) is 12.1 Å². The van der Waals surface area contributed by atoms with E-state index in [2.05, 4.69) is 5.32 Å². The molecule has 0 fully saturated rings. The molecule has 13 heavy (non-hydrogen) atoms. The third-order valence-corrected chi connectivity index (χ3v) is 2.67. The predicted molar refractivity (Wildman–Crippen MR) is 55.5 cm³/mol. The van der Waals surface area contributed by atoms with Gasteiger partial charge in [-0.1, -0.05) is 0 Å². The lowest BCUT2D eigenvalue weighted by atomic mass is 10.3. The summed E-state index contributed by atoms with van der Waals surface area (Å²) in [5.41, 5.74) is 6.14. The molecule has 2 nitrogen and oxygen atoms in total. The van der Waals surface area contributed by atoms with Crippen LogP contribution in [-0.4, -0.2) is 19.3 Å². The number of benzene rings is 1. The van der Waals surface area contributed by atoms with Crippen molar-refractivity contribution in [3.05, 3.63) is 24.0 Å². The Bertz CT molecular complexity index is 278. The minimum Gasteiger partial charge on any atom is -0.398 e. The summed E-state index contributed by atoms with van der Waals surface area (Å²) in [5.74, 6) is 0.655. The van der Waals surface area contributed by atoms with Crippen molar-refractivity contribution >= 4 is 17.4 Å². The summed E-state index contributed by atoms with van der Waals surface area (Å²) in [7, 11) is 1.90. The van der Waals surface area contributed by atoms with E-state index in [0.717, 1.165) is 17.2 Å². The summed E-state index contributed by atoms with van der Waals surface area (Å²) < 4.78 is 12.6. The normalized spacial score (nSPS) is 10.3. The average molecular weight is 200 g/mol. The van der Waals surface area contributed by atoms with Crippen LogP contribution >= 0.6 is 11.8 Å². The summed E-state index contributed by atoms with van der Waals surface area (Å²) in [6, 6.07) is 4.49. The first-order valence-electron chi connectivity index (χ1n) is 4.06. The predicted octanol–water partition coefficient (Wildman–Crippen LogP) is 1.72. The van der Waals surface area contributed by atoms with Gasteiger partial charge in [0, 0.05) is 22.9 Å². The maximum absolute atomic E-state index is 12.6. The molecular weight excluding hydrogens is 187 g/mol. The Morgan fingerprint density at radius 2 is 2.31 bits per heavy atom. The average Bonchev–Trinajstić information content (AvgIpc) is 2.09. The maximum Gasteiger partial charge on any atom is 0.125 e. The number of thioether (sulfide) groups is 1. The second-order valence-electron chi connectivity index (χ2n) is 2.63. The van der Waals surface area contributed by atoms with Crippen LogP contribution in [0, 0.1) is 5.82 Å². The molecule has 3 N–H and O–H groups in total. The summed E-state index contributed by atoms with van der Waals surface area (Å²) in [6.45, 7) is 0.918. The van der Waals surface area contributed by atoms with Gasteiger partial charge in [0.1, 0.15) is 5.82 Å². The molecule has 72 valence electrons. The lowest BCUT2D eigenvalue weighted by Gasteiger charge is -2.04. The fourth-order valence-corrected chi connectivity index (χ4v) is 1.83. The van der Waals surface area contributed by atoms with Crippen molar-refractivity contribution in [2.45, 2.75) is 4.90 Å². The number of anilines is 1. The highest BCUT2D eigenvalue weighted by Gasteiger charge is 2.00. The Balaban J connectivity index is 2.56. The van der Waals surface area contributed by atoms with Gasteiger partial charge in [0.2, 0.25) is 0 Å². The van der Waals surface area contributed by atoms with E-state index in [1.807, 2.05) is 7.05 Å². The largest absolute Gasteiger partial charge is 0.398 e. The Morgan fingerprint density at radius 1 is 1.54 bits per heavy atom. The van der Waals surface area contributed by atoms with Gasteiger partial charge in [-0.3, -0.25) is 0 Å². The minimum atomic E-state index is -0.282. The zero-order valence-corrected chi connectivity index (χ0v) is 8.33. The first kappa shape index (κ1) is 10.3. The van der Waals surface area contributed by atoms with Crippen molar-refractivity contribution in [3.63, 3.8) is 0 Å². The van der Waals surface area contributed by atoms with E-state index in [1.54, 1.807) is 17.8 Å². The molecule has 0 aliphatic carbocycles. The van der Waals surface area contributed by atoms with Gasteiger partial charge in [0.25, 0.3) is 0 Å². The molecule has 1 aromatic carbocycles. The van der Waals surface area contributed by atoms with Gasteiger partial charge in [-0.05, 0) is 25.2 Å². The Hall–Kier alpha value is -0.740. The number of hydrogen-bond acceptors (Lipinski definition) is 3. The molecule has 4 heteroatoms. The molecule has 0 saturated heterocycles. The summed E-state index contributed by atoms with van der Waals surface area (Å²) in [4.78, 5) is 0.941. The molecule has 0 amide bonds. The van der Waals surface area contributed by atoms with Gasteiger partial charge in [0.15, 0.2) is 0 Å². The van der Waals surface area contributed by atoms with Gasteiger partial charge >= 0.3 is 0 Å². The summed E-state index contributed by atoms with van der Waals surface area (Å²) in [6.07, 6.45) is 0. The van der Waals surface area contributed by atoms with Crippen LogP contribution < -0.4 is 11.1 Å². The van der Waals surface area contributed by atoms with Crippen LogP contribution in [0.4, 0.5) is 10.1 Å². The minimum absolute atomic E-state index is 0.282. The van der Waals surface area contributed by atoms with Crippen LogP contribution in [0.5, 0.6) is 0 Å². The molecule has 0 heterocycles. The first-order chi connectivity index (χ1) is 6.24. The molecule has 0 unspecified atom stereocenters. The molecule has 0 aromatic heterocycles. The first-order valence-corrected chi connectivity index (χ1v) is 5.05. The molecule has 1 rings (SSSR count). The van der Waals surface area contributed by atoms with Gasteiger partial charge < -0.3 is 11.1 Å². The lowest BCUT2D eigenvalue weighted by molar-refractivity contribution is 0.627. The monoisotopic (exact) mass is 200 g/mol. The standard InChI is InChI=1S/C9H13FN2S/c1-12-4-5-13-9-3-2-7(10)6-8(9)11/h2-3,6,12H,4-5,11H2,1H3. The second kappa shape index (κ2) is 5.09. The van der Waals surface area contributed by atoms with Crippen LogP contribution in [0.1, 0.15) is 0 Å². The summed E-state index contributed by atoms with van der Waals surface area (Å²) >= 11 is 1.63. The van der Waals surface area contributed by atoms with E-state index in [9.17, 15) is 4.39 Å². The molecule has 0 atom stereocenters.